The second-order valence-electron chi connectivity index (χ2n) is 4.22. The van der Waals surface area contributed by atoms with Gasteiger partial charge in [-0.05, 0) is 12.8 Å². The number of hydrogen-bond donors (Lipinski definition) is 1. The lowest BCUT2D eigenvalue weighted by atomic mass is 10.2. The first-order valence-corrected chi connectivity index (χ1v) is 7.26. The van der Waals surface area contributed by atoms with Gasteiger partial charge in [0.2, 0.25) is 0 Å². The van der Waals surface area contributed by atoms with Crippen molar-refractivity contribution in [3.63, 3.8) is 0 Å². The third-order valence-electron chi connectivity index (χ3n) is 1.43. The molecule has 0 radical (unpaired) electrons. The molecule has 0 fully saturated rings. The summed E-state index contributed by atoms with van der Waals surface area (Å²) in [5.41, 5.74) is 0. The number of unbranched alkanes of at least 4 members (excludes halogenated alkanes) is 2. The van der Waals surface area contributed by atoms with Crippen LogP contribution >= 0.6 is 21.6 Å². The molecule has 0 spiro atoms. The zero-order chi connectivity index (χ0) is 11.0. The molecule has 0 unspecified atom stereocenters. The Kier molecular flexibility index (Phi) is 7.55. The topological polar surface area (TPSA) is 37.3 Å². The van der Waals surface area contributed by atoms with Crippen molar-refractivity contribution in [3.05, 3.63) is 0 Å². The van der Waals surface area contributed by atoms with Crippen LogP contribution in [-0.2, 0) is 4.79 Å². The van der Waals surface area contributed by atoms with Gasteiger partial charge in [-0.2, -0.15) is 0 Å². The molecule has 0 atom stereocenters. The van der Waals surface area contributed by atoms with Gasteiger partial charge in [0, 0.05) is 16.9 Å². The normalized spacial score (nSPS) is 11.6. The lowest BCUT2D eigenvalue weighted by Gasteiger charge is -2.15. The minimum absolute atomic E-state index is 0.317. The van der Waals surface area contributed by atoms with E-state index >= 15 is 0 Å². The van der Waals surface area contributed by atoms with Crippen molar-refractivity contribution in [1.82, 2.24) is 0 Å². The fraction of sp³-hybridized carbons (Fsp3) is 0.900. The molecule has 0 aliphatic carbocycles. The van der Waals surface area contributed by atoms with E-state index in [1.165, 1.54) is 0 Å². The lowest BCUT2D eigenvalue weighted by Crippen LogP contribution is -2.04. The second kappa shape index (κ2) is 7.46. The average Bonchev–Trinajstić information content (AvgIpc) is 2.00. The summed E-state index contributed by atoms with van der Waals surface area (Å²) in [7, 11) is 3.79. The van der Waals surface area contributed by atoms with E-state index < -0.39 is 5.97 Å². The van der Waals surface area contributed by atoms with E-state index in [4.69, 9.17) is 5.11 Å². The molecule has 0 aromatic heterocycles. The summed E-state index contributed by atoms with van der Waals surface area (Å²) in [5.74, 6) is 0.448. The van der Waals surface area contributed by atoms with Crippen LogP contribution in [0.2, 0.25) is 0 Å². The minimum Gasteiger partial charge on any atom is -0.481 e. The van der Waals surface area contributed by atoms with Gasteiger partial charge < -0.3 is 5.11 Å². The molecule has 0 bridgehead atoms. The monoisotopic (exact) mass is 236 g/mol. The van der Waals surface area contributed by atoms with Crippen LogP contribution in [0.1, 0.15) is 46.5 Å². The number of aliphatic carboxylic acids is 1. The van der Waals surface area contributed by atoms with Crippen LogP contribution in [0.4, 0.5) is 0 Å². The van der Waals surface area contributed by atoms with Gasteiger partial charge in [-0.3, -0.25) is 4.79 Å². The van der Waals surface area contributed by atoms with Gasteiger partial charge in [-0.25, -0.2) is 0 Å². The molecule has 4 heteroatoms. The van der Waals surface area contributed by atoms with Crippen molar-refractivity contribution >= 4 is 27.6 Å². The van der Waals surface area contributed by atoms with Gasteiger partial charge in [-0.1, -0.05) is 48.8 Å². The molecule has 0 amide bonds. The predicted octanol–water partition coefficient (Wildman–Crippen LogP) is 3.81. The highest BCUT2D eigenvalue weighted by Gasteiger charge is 2.10. The van der Waals surface area contributed by atoms with E-state index in [9.17, 15) is 4.79 Å². The molecule has 0 aromatic carbocycles. The summed E-state index contributed by atoms with van der Waals surface area (Å²) in [6, 6.07) is 0. The molecule has 14 heavy (non-hydrogen) atoms. The zero-order valence-electron chi connectivity index (χ0n) is 9.21. The van der Waals surface area contributed by atoms with Crippen molar-refractivity contribution in [1.29, 1.82) is 0 Å². The largest absolute Gasteiger partial charge is 0.481 e. The zero-order valence-corrected chi connectivity index (χ0v) is 10.8. The Morgan fingerprint density at radius 2 is 1.86 bits per heavy atom. The summed E-state index contributed by atoms with van der Waals surface area (Å²) >= 11 is 0. The second-order valence-corrected chi connectivity index (χ2v) is 7.46. The van der Waals surface area contributed by atoms with Crippen molar-refractivity contribution in [2.75, 3.05) is 5.75 Å². The van der Waals surface area contributed by atoms with E-state index in [0.717, 1.165) is 25.0 Å². The molecule has 0 aromatic rings. The van der Waals surface area contributed by atoms with Crippen molar-refractivity contribution < 1.29 is 9.90 Å². The van der Waals surface area contributed by atoms with Crippen molar-refractivity contribution in [3.8, 4) is 0 Å². The van der Waals surface area contributed by atoms with Crippen LogP contribution in [-0.4, -0.2) is 21.6 Å². The molecule has 0 aliphatic heterocycles. The van der Waals surface area contributed by atoms with Crippen LogP contribution in [0.15, 0.2) is 0 Å². The fourth-order valence-electron chi connectivity index (χ4n) is 0.832. The molecule has 84 valence electrons. The lowest BCUT2D eigenvalue weighted by molar-refractivity contribution is -0.137. The first-order chi connectivity index (χ1) is 6.42. The highest BCUT2D eigenvalue weighted by Crippen LogP contribution is 2.35. The Morgan fingerprint density at radius 3 is 2.36 bits per heavy atom. The third-order valence-corrected chi connectivity index (χ3v) is 4.85. The molecule has 0 aliphatic rings. The molecule has 1 N–H and O–H groups in total. The van der Waals surface area contributed by atoms with Crippen LogP contribution in [0, 0.1) is 0 Å². The SMILES string of the molecule is CC(C)(C)SSCCCCCC(=O)O. The summed E-state index contributed by atoms with van der Waals surface area (Å²) in [5, 5.41) is 8.41. The number of carbonyl (C=O) groups is 1. The number of carboxylic acids is 1. The summed E-state index contributed by atoms with van der Waals surface area (Å²) in [6.07, 6.45) is 3.29. The summed E-state index contributed by atoms with van der Waals surface area (Å²) in [6.45, 7) is 6.61. The molecule has 0 heterocycles. The van der Waals surface area contributed by atoms with Crippen LogP contribution < -0.4 is 0 Å². The van der Waals surface area contributed by atoms with Gasteiger partial charge >= 0.3 is 5.97 Å². The highest BCUT2D eigenvalue weighted by atomic mass is 33.1. The predicted molar refractivity (Wildman–Crippen MR) is 65.9 cm³/mol. The van der Waals surface area contributed by atoms with Gasteiger partial charge in [0.05, 0.1) is 0 Å². The van der Waals surface area contributed by atoms with Crippen LogP contribution in [0.5, 0.6) is 0 Å². The Bertz CT molecular complexity index is 164. The van der Waals surface area contributed by atoms with Gasteiger partial charge in [0.25, 0.3) is 0 Å². The van der Waals surface area contributed by atoms with Crippen molar-refractivity contribution in [2.45, 2.75) is 51.2 Å². The van der Waals surface area contributed by atoms with Gasteiger partial charge in [0.1, 0.15) is 0 Å². The van der Waals surface area contributed by atoms with E-state index in [2.05, 4.69) is 20.8 Å². The van der Waals surface area contributed by atoms with Gasteiger partial charge in [-0.15, -0.1) is 0 Å². The molecular weight excluding hydrogens is 216 g/mol. The average molecular weight is 236 g/mol. The molecule has 0 rings (SSSR count). The maximum Gasteiger partial charge on any atom is 0.303 e. The maximum absolute atomic E-state index is 10.2. The standard InChI is InChI=1S/C10H20O2S2/c1-10(2,3)14-13-8-6-4-5-7-9(11)12/h4-8H2,1-3H3,(H,11,12). The molecule has 2 nitrogen and oxygen atoms in total. The van der Waals surface area contributed by atoms with Crippen LogP contribution in [0.25, 0.3) is 0 Å². The highest BCUT2D eigenvalue weighted by molar-refractivity contribution is 8.77. The first kappa shape index (κ1) is 14.2. The number of rotatable bonds is 7. The third kappa shape index (κ3) is 12.2. The van der Waals surface area contributed by atoms with E-state index in [-0.39, 0.29) is 0 Å². The van der Waals surface area contributed by atoms with E-state index in [1.807, 2.05) is 21.6 Å². The fourth-order valence-corrected chi connectivity index (χ4v) is 3.26. The van der Waals surface area contributed by atoms with Crippen LogP contribution in [0.3, 0.4) is 0 Å². The first-order valence-electron chi connectivity index (χ1n) is 4.94. The smallest absolute Gasteiger partial charge is 0.303 e. The Balaban J connectivity index is 3.11. The Morgan fingerprint density at radius 1 is 1.21 bits per heavy atom. The van der Waals surface area contributed by atoms with E-state index in [0.29, 0.717) is 11.2 Å². The van der Waals surface area contributed by atoms with E-state index in [1.54, 1.807) is 0 Å². The summed E-state index contributed by atoms with van der Waals surface area (Å²) < 4.78 is 0.325. The number of carboxylic acid groups (broad SMARTS) is 1. The quantitative estimate of drug-likeness (QED) is 0.539. The summed E-state index contributed by atoms with van der Waals surface area (Å²) in [4.78, 5) is 10.2. The molecule has 0 saturated heterocycles. The Labute approximate surface area is 94.6 Å². The maximum atomic E-state index is 10.2. The minimum atomic E-state index is -0.679. The van der Waals surface area contributed by atoms with Gasteiger partial charge in [0.15, 0.2) is 0 Å². The molecular formula is C10H20O2S2. The van der Waals surface area contributed by atoms with Crippen molar-refractivity contribution in [2.24, 2.45) is 0 Å². The Hall–Kier alpha value is 0.170. The number of hydrogen-bond acceptors (Lipinski definition) is 3. The molecule has 0 saturated carbocycles.